The van der Waals surface area contributed by atoms with Crippen molar-refractivity contribution in [1.82, 2.24) is 10.2 Å². The molecule has 2 nitrogen and oxygen atoms in total. The third-order valence-corrected chi connectivity index (χ3v) is 3.97. The van der Waals surface area contributed by atoms with Gasteiger partial charge in [0.25, 0.3) is 0 Å². The van der Waals surface area contributed by atoms with Crippen LogP contribution in [0.2, 0.25) is 0 Å². The van der Waals surface area contributed by atoms with Gasteiger partial charge in [0.1, 0.15) is 0 Å². The monoisotopic (exact) mass is 228 g/mol. The van der Waals surface area contributed by atoms with Crippen LogP contribution in [-0.4, -0.2) is 36.1 Å². The molecule has 0 saturated carbocycles. The summed E-state index contributed by atoms with van der Waals surface area (Å²) in [6.07, 6.45) is 3.66. The molecule has 0 spiro atoms. The van der Waals surface area contributed by atoms with Gasteiger partial charge in [0, 0.05) is 24.2 Å². The average molecular weight is 228 g/mol. The van der Waals surface area contributed by atoms with Gasteiger partial charge in [-0.3, -0.25) is 4.90 Å². The molecular weight excluding hydrogens is 196 g/mol. The summed E-state index contributed by atoms with van der Waals surface area (Å²) in [5.41, 5.74) is 0.267. The Morgan fingerprint density at radius 3 is 2.00 bits per heavy atom. The Morgan fingerprint density at radius 2 is 1.62 bits per heavy atom. The van der Waals surface area contributed by atoms with Crippen LogP contribution in [0.5, 0.6) is 0 Å². The van der Waals surface area contributed by atoms with Gasteiger partial charge >= 0.3 is 0 Å². The molecule has 1 N–H and O–H groups in total. The van der Waals surface area contributed by atoms with E-state index in [1.165, 1.54) is 19.3 Å². The van der Waals surface area contributed by atoms with Crippen molar-refractivity contribution in [2.45, 2.75) is 78.4 Å². The van der Waals surface area contributed by atoms with Crippen LogP contribution in [0.1, 0.15) is 60.8 Å². The molecule has 0 fully saturated rings. The molecule has 0 bridgehead atoms. The Balaban J connectivity index is 4.10. The van der Waals surface area contributed by atoms with Crippen molar-refractivity contribution in [3.05, 3.63) is 0 Å². The molecule has 2 heteroatoms. The highest BCUT2D eigenvalue weighted by Crippen LogP contribution is 2.11. The summed E-state index contributed by atoms with van der Waals surface area (Å²) >= 11 is 0. The molecule has 0 saturated heterocycles. The minimum absolute atomic E-state index is 0.267. The molecule has 0 amide bonds. The maximum absolute atomic E-state index is 3.65. The highest BCUT2D eigenvalue weighted by Gasteiger charge is 2.20. The molecular formula is C14H32N2. The number of rotatable bonds is 8. The first kappa shape index (κ1) is 15.9. The van der Waals surface area contributed by atoms with Crippen LogP contribution in [-0.2, 0) is 0 Å². The number of hydrogen-bond acceptors (Lipinski definition) is 2. The number of nitrogens with zero attached hydrogens (tertiary/aromatic N) is 1. The van der Waals surface area contributed by atoms with Crippen molar-refractivity contribution < 1.29 is 0 Å². The highest BCUT2D eigenvalue weighted by atomic mass is 15.2. The number of nitrogens with one attached hydrogen (secondary N) is 1. The van der Waals surface area contributed by atoms with Gasteiger partial charge in [-0.25, -0.2) is 0 Å². The molecule has 0 aromatic carbocycles. The van der Waals surface area contributed by atoms with E-state index < -0.39 is 0 Å². The fourth-order valence-corrected chi connectivity index (χ4v) is 1.92. The molecule has 0 heterocycles. The Labute approximate surface area is 103 Å². The fourth-order valence-electron chi connectivity index (χ4n) is 1.92. The van der Waals surface area contributed by atoms with E-state index in [0.717, 1.165) is 12.6 Å². The van der Waals surface area contributed by atoms with E-state index in [0.29, 0.717) is 6.04 Å². The third-order valence-electron chi connectivity index (χ3n) is 3.97. The van der Waals surface area contributed by atoms with Gasteiger partial charge in [0.05, 0.1) is 0 Å². The summed E-state index contributed by atoms with van der Waals surface area (Å²) in [5.74, 6) is 0. The van der Waals surface area contributed by atoms with Crippen LogP contribution in [0, 0.1) is 0 Å². The van der Waals surface area contributed by atoms with Gasteiger partial charge in [-0.05, 0) is 47.1 Å². The van der Waals surface area contributed by atoms with E-state index in [1.54, 1.807) is 0 Å². The molecule has 0 aromatic rings. The van der Waals surface area contributed by atoms with Gasteiger partial charge in [0.15, 0.2) is 0 Å². The molecule has 0 aliphatic rings. The zero-order valence-corrected chi connectivity index (χ0v) is 12.4. The minimum Gasteiger partial charge on any atom is -0.310 e. The van der Waals surface area contributed by atoms with Gasteiger partial charge in [-0.2, -0.15) is 0 Å². The van der Waals surface area contributed by atoms with Crippen LogP contribution >= 0.6 is 0 Å². The van der Waals surface area contributed by atoms with Crippen LogP contribution in [0.3, 0.4) is 0 Å². The standard InChI is InChI=1S/C14H32N2/c1-8-13(9-2)16(7)12(4)11-15-14(5,6)10-3/h12-13,15H,8-11H2,1-7H3. The van der Waals surface area contributed by atoms with Gasteiger partial charge in [-0.1, -0.05) is 20.8 Å². The number of hydrogen-bond donors (Lipinski definition) is 1. The molecule has 0 aliphatic carbocycles. The molecule has 0 aliphatic heterocycles. The second-order valence-electron chi connectivity index (χ2n) is 5.60. The maximum Gasteiger partial charge on any atom is 0.0192 e. The Bertz CT molecular complexity index is 174. The zero-order valence-electron chi connectivity index (χ0n) is 12.4. The smallest absolute Gasteiger partial charge is 0.0192 e. The summed E-state index contributed by atoms with van der Waals surface area (Å²) in [7, 11) is 2.25. The predicted molar refractivity (Wildman–Crippen MR) is 74.0 cm³/mol. The van der Waals surface area contributed by atoms with E-state index in [2.05, 4.69) is 58.8 Å². The van der Waals surface area contributed by atoms with E-state index in [1.807, 2.05) is 0 Å². The second-order valence-corrected chi connectivity index (χ2v) is 5.60. The number of likely N-dealkylation sites (N-methyl/N-ethyl adjacent to an activating group) is 1. The molecule has 1 atom stereocenters. The predicted octanol–water partition coefficient (Wildman–Crippen LogP) is 3.27. The molecule has 0 radical (unpaired) electrons. The average Bonchev–Trinajstić information content (AvgIpc) is 2.27. The van der Waals surface area contributed by atoms with Crippen molar-refractivity contribution >= 4 is 0 Å². The Hall–Kier alpha value is -0.0800. The fraction of sp³-hybridized carbons (Fsp3) is 1.00. The Morgan fingerprint density at radius 1 is 1.12 bits per heavy atom. The van der Waals surface area contributed by atoms with Crippen LogP contribution in [0.15, 0.2) is 0 Å². The summed E-state index contributed by atoms with van der Waals surface area (Å²) in [6.45, 7) is 14.7. The maximum atomic E-state index is 3.65. The van der Waals surface area contributed by atoms with Gasteiger partial charge in [-0.15, -0.1) is 0 Å². The second kappa shape index (κ2) is 7.29. The molecule has 98 valence electrons. The van der Waals surface area contributed by atoms with Gasteiger partial charge in [0.2, 0.25) is 0 Å². The van der Waals surface area contributed by atoms with Crippen molar-refractivity contribution in [2.24, 2.45) is 0 Å². The Kier molecular flexibility index (Phi) is 7.25. The molecule has 0 aromatic heterocycles. The summed E-state index contributed by atoms with van der Waals surface area (Å²) in [4.78, 5) is 2.51. The van der Waals surface area contributed by atoms with Gasteiger partial charge < -0.3 is 5.32 Å². The van der Waals surface area contributed by atoms with E-state index in [-0.39, 0.29) is 5.54 Å². The van der Waals surface area contributed by atoms with Crippen LogP contribution in [0.25, 0.3) is 0 Å². The normalized spacial score (nSPS) is 14.8. The first-order valence-electron chi connectivity index (χ1n) is 6.84. The lowest BCUT2D eigenvalue weighted by molar-refractivity contribution is 0.162. The summed E-state index contributed by atoms with van der Waals surface area (Å²) in [6, 6.07) is 1.33. The van der Waals surface area contributed by atoms with E-state index in [4.69, 9.17) is 0 Å². The van der Waals surface area contributed by atoms with Crippen molar-refractivity contribution in [2.75, 3.05) is 13.6 Å². The van der Waals surface area contributed by atoms with Crippen LogP contribution in [0.4, 0.5) is 0 Å². The quantitative estimate of drug-likeness (QED) is 0.686. The van der Waals surface area contributed by atoms with Crippen molar-refractivity contribution in [3.8, 4) is 0 Å². The largest absolute Gasteiger partial charge is 0.310 e. The van der Waals surface area contributed by atoms with E-state index in [9.17, 15) is 0 Å². The zero-order chi connectivity index (χ0) is 12.8. The summed E-state index contributed by atoms with van der Waals surface area (Å²) in [5, 5.41) is 3.65. The topological polar surface area (TPSA) is 15.3 Å². The first-order valence-corrected chi connectivity index (χ1v) is 6.84. The summed E-state index contributed by atoms with van der Waals surface area (Å²) < 4.78 is 0. The van der Waals surface area contributed by atoms with E-state index >= 15 is 0 Å². The molecule has 16 heavy (non-hydrogen) atoms. The van der Waals surface area contributed by atoms with Crippen LogP contribution < -0.4 is 5.32 Å². The highest BCUT2D eigenvalue weighted by molar-refractivity contribution is 4.80. The lowest BCUT2D eigenvalue weighted by Crippen LogP contribution is -2.48. The van der Waals surface area contributed by atoms with Crippen molar-refractivity contribution in [1.29, 1.82) is 0 Å². The third kappa shape index (κ3) is 5.31. The first-order chi connectivity index (χ1) is 7.37. The minimum atomic E-state index is 0.267. The lowest BCUT2D eigenvalue weighted by Gasteiger charge is -2.35. The molecule has 1 unspecified atom stereocenters. The van der Waals surface area contributed by atoms with Crippen molar-refractivity contribution in [3.63, 3.8) is 0 Å². The SMILES string of the molecule is CCC(CC)N(C)C(C)CNC(C)(C)CC. The lowest BCUT2D eigenvalue weighted by atomic mass is 10.0. The molecule has 0 rings (SSSR count).